The summed E-state index contributed by atoms with van der Waals surface area (Å²) in [6, 6.07) is 4.10. The molecule has 1 aromatic rings. The van der Waals surface area contributed by atoms with E-state index in [0.29, 0.717) is 24.4 Å². The first-order valence-electron chi connectivity index (χ1n) is 9.82. The first-order chi connectivity index (χ1) is 12.1. The number of furan rings is 1. The van der Waals surface area contributed by atoms with Crippen molar-refractivity contribution < 1.29 is 13.9 Å². The van der Waals surface area contributed by atoms with E-state index in [1.54, 1.807) is 0 Å². The third kappa shape index (κ3) is 3.24. The Morgan fingerprint density at radius 2 is 2.32 bits per heavy atom. The fourth-order valence-corrected chi connectivity index (χ4v) is 5.13. The van der Waals surface area contributed by atoms with Gasteiger partial charge in [0.2, 0.25) is 5.91 Å². The normalized spacial score (nSPS) is 33.8. The Bertz CT molecular complexity index is 628. The predicted octanol–water partition coefficient (Wildman–Crippen LogP) is 2.87. The Morgan fingerprint density at radius 3 is 3.08 bits per heavy atom. The molecule has 0 radical (unpaired) electrons. The summed E-state index contributed by atoms with van der Waals surface area (Å²) in [5.41, 5.74) is 0.0190. The molecule has 1 N–H and O–H groups in total. The van der Waals surface area contributed by atoms with Gasteiger partial charge in [-0.1, -0.05) is 13.3 Å². The molecular formula is C20H30N2O3. The quantitative estimate of drug-likeness (QED) is 0.825. The first kappa shape index (κ1) is 17.1. The second kappa shape index (κ2) is 6.76. The van der Waals surface area contributed by atoms with Crippen LogP contribution in [0.5, 0.6) is 0 Å². The van der Waals surface area contributed by atoms with Crippen LogP contribution in [-0.2, 0) is 16.1 Å². The van der Waals surface area contributed by atoms with Gasteiger partial charge in [0, 0.05) is 37.9 Å². The Balaban J connectivity index is 1.36. The number of carbonyl (C=O) groups is 1. The van der Waals surface area contributed by atoms with Crippen molar-refractivity contribution >= 4 is 5.91 Å². The molecule has 1 amide bonds. The van der Waals surface area contributed by atoms with Crippen molar-refractivity contribution in [2.45, 2.75) is 64.2 Å². The molecule has 0 aromatic carbocycles. The first-order valence-corrected chi connectivity index (χ1v) is 9.82. The minimum Gasteiger partial charge on any atom is -0.465 e. The maximum atomic E-state index is 12.0. The van der Waals surface area contributed by atoms with Crippen LogP contribution in [0.4, 0.5) is 0 Å². The van der Waals surface area contributed by atoms with Gasteiger partial charge in [-0.15, -0.1) is 0 Å². The summed E-state index contributed by atoms with van der Waals surface area (Å²) in [5.74, 6) is 3.20. The average Bonchev–Trinajstić information content (AvgIpc) is 3.32. The van der Waals surface area contributed by atoms with Gasteiger partial charge in [0.25, 0.3) is 0 Å². The fourth-order valence-electron chi connectivity index (χ4n) is 5.13. The summed E-state index contributed by atoms with van der Waals surface area (Å²) in [4.78, 5) is 14.5. The molecule has 138 valence electrons. The average molecular weight is 346 g/mol. The molecular weight excluding hydrogens is 316 g/mol. The molecule has 0 aliphatic carbocycles. The number of nitrogens with one attached hydrogen (secondary N) is 1. The number of likely N-dealkylation sites (tertiary alicyclic amines) is 1. The van der Waals surface area contributed by atoms with Crippen LogP contribution < -0.4 is 5.32 Å². The Kier molecular flexibility index (Phi) is 4.63. The second-order valence-electron chi connectivity index (χ2n) is 8.12. The zero-order valence-electron chi connectivity index (χ0n) is 15.4. The predicted molar refractivity (Wildman–Crippen MR) is 95.1 cm³/mol. The van der Waals surface area contributed by atoms with Gasteiger partial charge in [-0.05, 0) is 38.3 Å². The van der Waals surface area contributed by atoms with E-state index in [1.807, 2.05) is 13.0 Å². The molecule has 25 heavy (non-hydrogen) atoms. The van der Waals surface area contributed by atoms with Gasteiger partial charge in [-0.25, -0.2) is 0 Å². The lowest BCUT2D eigenvalue weighted by Crippen LogP contribution is -2.41. The maximum absolute atomic E-state index is 12.0. The van der Waals surface area contributed by atoms with Crippen LogP contribution in [0.15, 0.2) is 16.5 Å². The molecule has 0 saturated carbocycles. The van der Waals surface area contributed by atoms with Crippen LogP contribution in [0.3, 0.4) is 0 Å². The minimum absolute atomic E-state index is 0.0190. The summed E-state index contributed by atoms with van der Waals surface area (Å²) in [6.45, 7) is 7.78. The van der Waals surface area contributed by atoms with Crippen molar-refractivity contribution in [2.24, 2.45) is 11.8 Å². The van der Waals surface area contributed by atoms with Gasteiger partial charge in [-0.3, -0.25) is 9.69 Å². The van der Waals surface area contributed by atoms with E-state index in [2.05, 4.69) is 23.2 Å². The highest BCUT2D eigenvalue weighted by atomic mass is 16.5. The van der Waals surface area contributed by atoms with Crippen LogP contribution in [0.2, 0.25) is 0 Å². The van der Waals surface area contributed by atoms with Crippen molar-refractivity contribution in [3.05, 3.63) is 23.7 Å². The van der Waals surface area contributed by atoms with Gasteiger partial charge in [-0.2, -0.15) is 0 Å². The van der Waals surface area contributed by atoms with Crippen LogP contribution in [0.25, 0.3) is 0 Å². The molecule has 3 saturated heterocycles. The van der Waals surface area contributed by atoms with E-state index in [4.69, 9.17) is 9.15 Å². The Labute approximate surface area is 150 Å². The molecule has 3 aliphatic heterocycles. The third-order valence-corrected chi connectivity index (χ3v) is 6.32. The number of ether oxygens (including phenoxy) is 1. The number of fused-ring (bicyclic) bond motifs is 1. The topological polar surface area (TPSA) is 54.7 Å². The third-order valence-electron chi connectivity index (χ3n) is 6.32. The van der Waals surface area contributed by atoms with Crippen LogP contribution in [0.1, 0.15) is 50.5 Å². The highest BCUT2D eigenvalue weighted by Crippen LogP contribution is 2.54. The SMILES string of the molecule is CCCCC(=O)NC[C@H]1[C@H]2CN(Cc3ccc(C)o3)C[C@]23CC[C@H]1O3. The molecule has 4 atom stereocenters. The van der Waals surface area contributed by atoms with Crippen LogP contribution >= 0.6 is 0 Å². The zero-order chi connectivity index (χ0) is 17.4. The van der Waals surface area contributed by atoms with Gasteiger partial charge >= 0.3 is 0 Å². The smallest absolute Gasteiger partial charge is 0.220 e. The van der Waals surface area contributed by atoms with Crippen molar-refractivity contribution in [1.29, 1.82) is 0 Å². The van der Waals surface area contributed by atoms with E-state index >= 15 is 0 Å². The van der Waals surface area contributed by atoms with Gasteiger partial charge in [0.15, 0.2) is 0 Å². The number of unbranched alkanes of at least 4 members (excludes halogenated alkanes) is 1. The van der Waals surface area contributed by atoms with Crippen molar-refractivity contribution in [2.75, 3.05) is 19.6 Å². The number of carbonyl (C=O) groups excluding carboxylic acids is 1. The summed E-state index contributed by atoms with van der Waals surface area (Å²) in [6.07, 6.45) is 5.32. The fraction of sp³-hybridized carbons (Fsp3) is 0.750. The number of rotatable bonds is 7. The Morgan fingerprint density at radius 1 is 1.44 bits per heavy atom. The van der Waals surface area contributed by atoms with Crippen molar-refractivity contribution in [3.8, 4) is 0 Å². The maximum Gasteiger partial charge on any atom is 0.220 e. The van der Waals surface area contributed by atoms with E-state index in [9.17, 15) is 4.79 Å². The summed E-state index contributed by atoms with van der Waals surface area (Å²) in [7, 11) is 0. The second-order valence-corrected chi connectivity index (χ2v) is 8.12. The molecule has 4 heterocycles. The molecule has 1 spiro atoms. The van der Waals surface area contributed by atoms with E-state index in [1.165, 1.54) is 0 Å². The zero-order valence-corrected chi connectivity index (χ0v) is 15.4. The number of aryl methyl sites for hydroxylation is 1. The monoisotopic (exact) mass is 346 g/mol. The van der Waals surface area contributed by atoms with E-state index in [0.717, 1.165) is 63.4 Å². The van der Waals surface area contributed by atoms with Gasteiger partial charge in [0.1, 0.15) is 11.5 Å². The van der Waals surface area contributed by atoms with E-state index in [-0.39, 0.29) is 11.5 Å². The lowest BCUT2D eigenvalue weighted by Gasteiger charge is -2.29. The van der Waals surface area contributed by atoms with E-state index < -0.39 is 0 Å². The van der Waals surface area contributed by atoms with Crippen molar-refractivity contribution in [3.63, 3.8) is 0 Å². The molecule has 3 fully saturated rings. The molecule has 0 unspecified atom stereocenters. The standard InChI is InChI=1S/C20H30N2O3/c1-3-4-5-19(23)21-10-16-17-12-22(11-15-7-6-14(2)24-15)13-20(17)9-8-18(16)25-20/h6-7,16-18H,3-5,8-13H2,1-2H3,(H,21,23)/t16-,17+,18+,20+/m0/s1. The number of nitrogens with zero attached hydrogens (tertiary/aromatic N) is 1. The molecule has 5 heteroatoms. The molecule has 5 nitrogen and oxygen atoms in total. The Hall–Kier alpha value is -1.33. The van der Waals surface area contributed by atoms with Gasteiger partial charge in [0.05, 0.1) is 18.2 Å². The lowest BCUT2D eigenvalue weighted by molar-refractivity contribution is -0.121. The minimum atomic E-state index is 0.0190. The van der Waals surface area contributed by atoms with Crippen molar-refractivity contribution in [1.82, 2.24) is 10.2 Å². The van der Waals surface area contributed by atoms with Crippen LogP contribution in [-0.4, -0.2) is 42.1 Å². The summed E-state index contributed by atoms with van der Waals surface area (Å²) < 4.78 is 12.2. The molecule has 3 aliphatic rings. The number of hydrogen-bond acceptors (Lipinski definition) is 4. The highest BCUT2D eigenvalue weighted by Gasteiger charge is 2.62. The number of hydrogen-bond donors (Lipinski definition) is 1. The largest absolute Gasteiger partial charge is 0.465 e. The summed E-state index contributed by atoms with van der Waals surface area (Å²) >= 11 is 0. The van der Waals surface area contributed by atoms with Gasteiger partial charge < -0.3 is 14.5 Å². The molecule has 1 aromatic heterocycles. The van der Waals surface area contributed by atoms with Crippen LogP contribution in [0, 0.1) is 18.8 Å². The number of amides is 1. The lowest BCUT2D eigenvalue weighted by atomic mass is 9.73. The summed E-state index contributed by atoms with van der Waals surface area (Å²) in [5, 5.41) is 3.17. The molecule has 4 rings (SSSR count). The highest BCUT2D eigenvalue weighted by molar-refractivity contribution is 5.75. The molecule has 2 bridgehead atoms.